The van der Waals surface area contributed by atoms with Crippen LogP contribution in [0.25, 0.3) is 0 Å². The Kier molecular flexibility index (Phi) is 3.86. The third-order valence-electron chi connectivity index (χ3n) is 1.73. The van der Waals surface area contributed by atoms with Crippen LogP contribution in [0.4, 0.5) is 14.5 Å². The van der Waals surface area contributed by atoms with Crippen molar-refractivity contribution in [2.24, 2.45) is 0 Å². The number of halogens is 2. The highest BCUT2D eigenvalue weighted by Gasteiger charge is 2.05. The number of rotatable bonds is 4. The Bertz CT molecular complexity index is 314. The topological polar surface area (TPSA) is 35.8 Å². The standard InChI is InChI=1S/C10H10F2N2/c11-10(12)8-2-4-9(5-3-8)14-7-1-6-13/h2-5,10,14H,1,7H2. The van der Waals surface area contributed by atoms with Gasteiger partial charge in [0.25, 0.3) is 6.43 Å². The second kappa shape index (κ2) is 5.18. The highest BCUT2D eigenvalue weighted by molar-refractivity contribution is 5.44. The number of alkyl halides is 2. The van der Waals surface area contributed by atoms with Gasteiger partial charge in [-0.15, -0.1) is 0 Å². The van der Waals surface area contributed by atoms with Crippen molar-refractivity contribution in [1.82, 2.24) is 0 Å². The molecule has 0 aromatic heterocycles. The normalized spacial score (nSPS) is 9.86. The Morgan fingerprint density at radius 3 is 2.43 bits per heavy atom. The van der Waals surface area contributed by atoms with E-state index < -0.39 is 6.43 Å². The SMILES string of the molecule is N#CCCNc1ccc(C(F)F)cc1. The van der Waals surface area contributed by atoms with Crippen molar-refractivity contribution >= 4 is 5.69 Å². The molecule has 1 rings (SSSR count). The molecule has 0 fully saturated rings. The summed E-state index contributed by atoms with van der Waals surface area (Å²) in [5.41, 5.74) is 0.764. The Balaban J connectivity index is 2.52. The summed E-state index contributed by atoms with van der Waals surface area (Å²) in [5.74, 6) is 0. The molecule has 4 heteroatoms. The lowest BCUT2D eigenvalue weighted by atomic mass is 10.2. The van der Waals surface area contributed by atoms with Gasteiger partial charge in [-0.3, -0.25) is 0 Å². The van der Waals surface area contributed by atoms with Crippen molar-refractivity contribution in [2.45, 2.75) is 12.8 Å². The van der Waals surface area contributed by atoms with Crippen molar-refractivity contribution in [3.8, 4) is 6.07 Å². The summed E-state index contributed by atoms with van der Waals surface area (Å²) in [6, 6.07) is 7.90. The minimum atomic E-state index is -2.43. The van der Waals surface area contributed by atoms with Gasteiger partial charge in [0.2, 0.25) is 0 Å². The first-order valence-electron chi connectivity index (χ1n) is 4.23. The van der Waals surface area contributed by atoms with E-state index in [1.54, 1.807) is 12.1 Å². The number of hydrogen-bond acceptors (Lipinski definition) is 2. The van der Waals surface area contributed by atoms with Crippen LogP contribution in [0, 0.1) is 11.3 Å². The molecule has 0 atom stereocenters. The Labute approximate surface area is 81.2 Å². The van der Waals surface area contributed by atoms with E-state index in [9.17, 15) is 8.78 Å². The number of benzene rings is 1. The highest BCUT2D eigenvalue weighted by atomic mass is 19.3. The van der Waals surface area contributed by atoms with E-state index in [0.717, 1.165) is 5.69 Å². The number of hydrogen-bond donors (Lipinski definition) is 1. The van der Waals surface area contributed by atoms with E-state index in [1.165, 1.54) is 12.1 Å². The molecule has 0 aliphatic heterocycles. The van der Waals surface area contributed by atoms with Gasteiger partial charge in [-0.1, -0.05) is 12.1 Å². The third-order valence-corrected chi connectivity index (χ3v) is 1.73. The molecule has 0 bridgehead atoms. The van der Waals surface area contributed by atoms with Crippen LogP contribution in [0.15, 0.2) is 24.3 Å². The van der Waals surface area contributed by atoms with Gasteiger partial charge < -0.3 is 5.32 Å². The quantitative estimate of drug-likeness (QED) is 0.751. The minimum absolute atomic E-state index is 0.0100. The molecule has 14 heavy (non-hydrogen) atoms. The largest absolute Gasteiger partial charge is 0.384 e. The van der Waals surface area contributed by atoms with Crippen LogP contribution < -0.4 is 5.32 Å². The molecule has 1 aromatic rings. The molecule has 1 N–H and O–H groups in total. The number of nitriles is 1. The van der Waals surface area contributed by atoms with Gasteiger partial charge in [-0.2, -0.15) is 5.26 Å². The molecule has 74 valence electrons. The van der Waals surface area contributed by atoms with Crippen LogP contribution in [0.5, 0.6) is 0 Å². The lowest BCUT2D eigenvalue weighted by Crippen LogP contribution is -1.99. The Morgan fingerprint density at radius 1 is 1.29 bits per heavy atom. The zero-order chi connectivity index (χ0) is 10.4. The van der Waals surface area contributed by atoms with Crippen LogP contribution in [-0.2, 0) is 0 Å². The lowest BCUT2D eigenvalue weighted by Gasteiger charge is -2.04. The molecule has 0 heterocycles. The molecule has 0 saturated heterocycles. The van der Waals surface area contributed by atoms with E-state index in [4.69, 9.17) is 5.26 Å². The molecule has 0 unspecified atom stereocenters. The smallest absolute Gasteiger partial charge is 0.263 e. The fourth-order valence-corrected chi connectivity index (χ4v) is 1.01. The van der Waals surface area contributed by atoms with Gasteiger partial charge in [0.15, 0.2) is 0 Å². The van der Waals surface area contributed by atoms with Crippen LogP contribution in [-0.4, -0.2) is 6.54 Å². The maximum Gasteiger partial charge on any atom is 0.263 e. The van der Waals surface area contributed by atoms with E-state index in [1.807, 2.05) is 6.07 Å². The molecular weight excluding hydrogens is 186 g/mol. The summed E-state index contributed by atoms with van der Waals surface area (Å²) in [6.45, 7) is 0.532. The monoisotopic (exact) mass is 196 g/mol. The maximum atomic E-state index is 12.1. The molecule has 0 radical (unpaired) electrons. The summed E-state index contributed by atoms with van der Waals surface area (Å²) in [4.78, 5) is 0. The first kappa shape index (κ1) is 10.5. The Morgan fingerprint density at radius 2 is 1.93 bits per heavy atom. The summed E-state index contributed by atoms with van der Waals surface area (Å²) in [7, 11) is 0. The zero-order valence-electron chi connectivity index (χ0n) is 7.50. The molecule has 0 aliphatic rings. The second-order valence-corrected chi connectivity index (χ2v) is 2.76. The maximum absolute atomic E-state index is 12.1. The fourth-order valence-electron chi connectivity index (χ4n) is 1.01. The van der Waals surface area contributed by atoms with Gasteiger partial charge in [-0.25, -0.2) is 8.78 Å². The Hall–Kier alpha value is -1.63. The van der Waals surface area contributed by atoms with Crippen LogP contribution in [0.2, 0.25) is 0 Å². The van der Waals surface area contributed by atoms with Crippen LogP contribution in [0.1, 0.15) is 18.4 Å². The fraction of sp³-hybridized carbons (Fsp3) is 0.300. The molecule has 0 amide bonds. The highest BCUT2D eigenvalue weighted by Crippen LogP contribution is 2.20. The predicted molar refractivity (Wildman–Crippen MR) is 50.1 cm³/mol. The number of nitrogens with one attached hydrogen (secondary N) is 1. The molecular formula is C10H10F2N2. The molecule has 0 saturated carbocycles. The van der Waals surface area contributed by atoms with E-state index in [-0.39, 0.29) is 5.56 Å². The lowest BCUT2D eigenvalue weighted by molar-refractivity contribution is 0.151. The van der Waals surface area contributed by atoms with E-state index >= 15 is 0 Å². The minimum Gasteiger partial charge on any atom is -0.384 e. The van der Waals surface area contributed by atoms with E-state index in [0.29, 0.717) is 13.0 Å². The van der Waals surface area contributed by atoms with Crippen molar-refractivity contribution in [2.75, 3.05) is 11.9 Å². The average molecular weight is 196 g/mol. The first-order chi connectivity index (χ1) is 6.74. The average Bonchev–Trinajstić information content (AvgIpc) is 2.19. The first-order valence-corrected chi connectivity index (χ1v) is 4.23. The van der Waals surface area contributed by atoms with Crippen molar-refractivity contribution in [1.29, 1.82) is 5.26 Å². The second-order valence-electron chi connectivity index (χ2n) is 2.76. The van der Waals surface area contributed by atoms with Crippen molar-refractivity contribution in [3.05, 3.63) is 29.8 Å². The zero-order valence-corrected chi connectivity index (χ0v) is 7.50. The summed E-state index contributed by atoms with van der Waals surface area (Å²) in [5, 5.41) is 11.2. The molecule has 1 aromatic carbocycles. The van der Waals surface area contributed by atoms with E-state index in [2.05, 4.69) is 5.32 Å². The van der Waals surface area contributed by atoms with Gasteiger partial charge in [0, 0.05) is 17.8 Å². The summed E-state index contributed by atoms with van der Waals surface area (Å²) in [6.07, 6.45) is -2.03. The van der Waals surface area contributed by atoms with Gasteiger partial charge in [0.05, 0.1) is 12.5 Å². The van der Waals surface area contributed by atoms with Gasteiger partial charge in [-0.05, 0) is 12.1 Å². The number of nitrogens with zero attached hydrogens (tertiary/aromatic N) is 1. The number of anilines is 1. The molecule has 2 nitrogen and oxygen atoms in total. The predicted octanol–water partition coefficient (Wildman–Crippen LogP) is 2.95. The van der Waals surface area contributed by atoms with Gasteiger partial charge >= 0.3 is 0 Å². The van der Waals surface area contributed by atoms with Crippen molar-refractivity contribution < 1.29 is 8.78 Å². The molecule has 0 aliphatic carbocycles. The third kappa shape index (κ3) is 3.02. The van der Waals surface area contributed by atoms with Gasteiger partial charge in [0.1, 0.15) is 0 Å². The summed E-state index contributed by atoms with van der Waals surface area (Å²) >= 11 is 0. The van der Waals surface area contributed by atoms with Crippen LogP contribution >= 0.6 is 0 Å². The molecule has 0 spiro atoms. The summed E-state index contributed by atoms with van der Waals surface area (Å²) < 4.78 is 24.3. The van der Waals surface area contributed by atoms with Crippen LogP contribution in [0.3, 0.4) is 0 Å². The van der Waals surface area contributed by atoms with Crippen molar-refractivity contribution in [3.63, 3.8) is 0 Å².